The topological polar surface area (TPSA) is 96.4 Å². The number of cyclic esters (lactones) is 1. The molecule has 0 aromatic rings. The third-order valence-corrected chi connectivity index (χ3v) is 7.25. The number of nitrogens with zero attached hydrogens (tertiary/aromatic N) is 2. The van der Waals surface area contributed by atoms with Gasteiger partial charge in [0.1, 0.15) is 17.6 Å². The number of hydrogen-bond donors (Lipinski definition) is 1. The fourth-order valence-electron chi connectivity index (χ4n) is 5.65. The number of amides is 2. The molecule has 2 fully saturated rings. The molecule has 6 atom stereocenters. The summed E-state index contributed by atoms with van der Waals surface area (Å²) in [4.78, 5) is 43.9. The third-order valence-electron chi connectivity index (χ3n) is 7.25. The van der Waals surface area contributed by atoms with E-state index < -0.39 is 41.6 Å². The predicted molar refractivity (Wildman–Crippen MR) is 116 cm³/mol. The highest BCUT2D eigenvalue weighted by atomic mass is 16.6. The Labute approximate surface area is 189 Å². The van der Waals surface area contributed by atoms with Crippen molar-refractivity contribution in [3.05, 3.63) is 24.3 Å². The minimum Gasteiger partial charge on any atom is -0.465 e. The molecule has 32 heavy (non-hydrogen) atoms. The van der Waals surface area contributed by atoms with Crippen LogP contribution in [0, 0.1) is 11.8 Å². The normalized spacial score (nSPS) is 35.0. The van der Waals surface area contributed by atoms with Crippen LogP contribution < -0.4 is 0 Å². The van der Waals surface area contributed by atoms with Gasteiger partial charge in [0.15, 0.2) is 0 Å². The Hall–Kier alpha value is -2.19. The van der Waals surface area contributed by atoms with Gasteiger partial charge in [-0.2, -0.15) is 0 Å². The minimum atomic E-state index is -1.25. The van der Waals surface area contributed by atoms with E-state index in [9.17, 15) is 19.5 Å². The molecule has 4 aliphatic heterocycles. The molecular weight excluding hydrogens is 412 g/mol. The maximum Gasteiger partial charge on any atom is 0.312 e. The van der Waals surface area contributed by atoms with Gasteiger partial charge in [-0.05, 0) is 19.3 Å². The first-order valence-electron chi connectivity index (χ1n) is 11.9. The van der Waals surface area contributed by atoms with Crippen molar-refractivity contribution in [2.45, 2.75) is 69.7 Å². The molecule has 2 amide bonds. The Bertz CT molecular complexity index is 806. The summed E-state index contributed by atoms with van der Waals surface area (Å²) in [5.74, 6) is -2.63. The second-order valence-electron chi connectivity index (χ2n) is 9.11. The van der Waals surface area contributed by atoms with Crippen LogP contribution in [0.3, 0.4) is 0 Å². The lowest BCUT2D eigenvalue weighted by Gasteiger charge is -2.38. The summed E-state index contributed by atoms with van der Waals surface area (Å²) in [6.07, 6.45) is 10.8. The Morgan fingerprint density at radius 1 is 1.19 bits per heavy atom. The van der Waals surface area contributed by atoms with Crippen molar-refractivity contribution in [1.82, 2.24) is 9.80 Å². The first-order chi connectivity index (χ1) is 15.5. The number of esters is 1. The molecule has 176 valence electrons. The van der Waals surface area contributed by atoms with E-state index in [-0.39, 0.29) is 25.0 Å². The molecule has 4 rings (SSSR count). The van der Waals surface area contributed by atoms with Gasteiger partial charge in [-0.15, -0.1) is 0 Å². The van der Waals surface area contributed by atoms with Crippen molar-refractivity contribution in [3.8, 4) is 0 Å². The number of unbranched alkanes of at least 4 members (excludes halogenated alkanes) is 2. The third kappa shape index (κ3) is 3.57. The summed E-state index contributed by atoms with van der Waals surface area (Å²) in [6.45, 7) is 5.02. The summed E-state index contributed by atoms with van der Waals surface area (Å²) in [5, 5.41) is 10.0. The molecular formula is C24H34N2O6. The number of hydrogen-bond acceptors (Lipinski definition) is 6. The average molecular weight is 447 g/mol. The van der Waals surface area contributed by atoms with Crippen molar-refractivity contribution in [2.75, 3.05) is 26.3 Å². The van der Waals surface area contributed by atoms with E-state index in [4.69, 9.17) is 9.47 Å². The van der Waals surface area contributed by atoms with Gasteiger partial charge in [0.25, 0.3) is 0 Å². The fraction of sp³-hybridized carbons (Fsp3) is 0.708. The maximum atomic E-state index is 13.9. The average Bonchev–Trinajstić information content (AvgIpc) is 3.15. The second-order valence-corrected chi connectivity index (χ2v) is 9.11. The molecule has 1 N–H and O–H groups in total. The van der Waals surface area contributed by atoms with Crippen molar-refractivity contribution in [2.24, 2.45) is 11.8 Å². The highest BCUT2D eigenvalue weighted by Crippen LogP contribution is 2.53. The van der Waals surface area contributed by atoms with Crippen LogP contribution in [0.1, 0.15) is 46.0 Å². The molecule has 0 radical (unpaired) electrons. The number of rotatable bonds is 7. The van der Waals surface area contributed by atoms with Gasteiger partial charge in [0, 0.05) is 13.1 Å². The van der Waals surface area contributed by atoms with Gasteiger partial charge in [0.05, 0.1) is 31.3 Å². The van der Waals surface area contributed by atoms with Crippen LogP contribution in [0.5, 0.6) is 0 Å². The maximum absolute atomic E-state index is 13.9. The van der Waals surface area contributed by atoms with E-state index in [1.54, 1.807) is 4.90 Å². The van der Waals surface area contributed by atoms with Gasteiger partial charge < -0.3 is 24.4 Å². The van der Waals surface area contributed by atoms with Crippen LogP contribution in [-0.2, 0) is 23.9 Å². The van der Waals surface area contributed by atoms with Crippen LogP contribution in [0.15, 0.2) is 24.3 Å². The quantitative estimate of drug-likeness (QED) is 0.361. The number of aliphatic hydroxyl groups excluding tert-OH is 1. The highest BCUT2D eigenvalue weighted by Gasteiger charge is 2.72. The number of ether oxygens (including phenoxy) is 2. The van der Waals surface area contributed by atoms with E-state index in [0.29, 0.717) is 25.9 Å². The molecule has 4 aliphatic rings. The molecule has 2 saturated heterocycles. The van der Waals surface area contributed by atoms with E-state index in [2.05, 4.69) is 6.92 Å². The SMILES string of the molecule is CCCCCN1CC=C[C@]23O[C@H]4C=CCCOC(=O)[C@H]4[C@H]2C(=O)N([C@@H](CC)CO)C3C1=O. The van der Waals surface area contributed by atoms with Crippen molar-refractivity contribution < 1.29 is 29.0 Å². The molecule has 1 spiro atoms. The Balaban J connectivity index is 1.78. The fourth-order valence-corrected chi connectivity index (χ4v) is 5.65. The first-order valence-corrected chi connectivity index (χ1v) is 11.9. The largest absolute Gasteiger partial charge is 0.465 e. The lowest BCUT2D eigenvalue weighted by Crippen LogP contribution is -2.58. The lowest BCUT2D eigenvalue weighted by atomic mass is 9.77. The number of likely N-dealkylation sites (tertiary alicyclic amines) is 1. The van der Waals surface area contributed by atoms with E-state index in [1.165, 1.54) is 4.90 Å². The standard InChI is InChI=1S/C24H34N2O6/c1-3-5-7-12-25-13-9-11-24-19(18-17(32-24)10-6-8-14-31-23(18)30)21(28)26(16(4-2)15-27)20(24)22(25)29/h6,9-11,16-20,27H,3-5,7-8,12-15H2,1-2H3/t16-,17-,18+,19-,20?,24-/m0/s1. The first kappa shape index (κ1) is 23.0. The summed E-state index contributed by atoms with van der Waals surface area (Å²) in [6, 6.07) is -1.43. The summed E-state index contributed by atoms with van der Waals surface area (Å²) >= 11 is 0. The lowest BCUT2D eigenvalue weighted by molar-refractivity contribution is -0.156. The van der Waals surface area contributed by atoms with Crippen LogP contribution in [-0.4, -0.2) is 82.8 Å². The monoisotopic (exact) mass is 446 g/mol. The molecule has 8 heteroatoms. The Morgan fingerprint density at radius 3 is 2.72 bits per heavy atom. The number of carbonyl (C=O) groups excluding carboxylic acids is 3. The van der Waals surface area contributed by atoms with Gasteiger partial charge in [-0.25, -0.2) is 0 Å². The zero-order chi connectivity index (χ0) is 22.9. The van der Waals surface area contributed by atoms with Gasteiger partial charge in [-0.3, -0.25) is 14.4 Å². The van der Waals surface area contributed by atoms with Crippen molar-refractivity contribution >= 4 is 17.8 Å². The zero-order valence-corrected chi connectivity index (χ0v) is 18.9. The highest BCUT2D eigenvalue weighted by molar-refractivity contribution is 5.99. The second kappa shape index (κ2) is 9.35. The molecule has 0 bridgehead atoms. The molecule has 8 nitrogen and oxygen atoms in total. The van der Waals surface area contributed by atoms with Crippen LogP contribution >= 0.6 is 0 Å². The van der Waals surface area contributed by atoms with Crippen LogP contribution in [0.2, 0.25) is 0 Å². The van der Waals surface area contributed by atoms with Gasteiger partial charge in [0.2, 0.25) is 11.8 Å². The summed E-state index contributed by atoms with van der Waals surface area (Å²) in [7, 11) is 0. The number of aliphatic hydroxyl groups is 1. The van der Waals surface area contributed by atoms with Crippen molar-refractivity contribution in [3.63, 3.8) is 0 Å². The van der Waals surface area contributed by atoms with Gasteiger partial charge in [-0.1, -0.05) is 51.0 Å². The Morgan fingerprint density at radius 2 is 2.00 bits per heavy atom. The molecule has 0 aliphatic carbocycles. The smallest absolute Gasteiger partial charge is 0.312 e. The van der Waals surface area contributed by atoms with Crippen LogP contribution in [0.25, 0.3) is 0 Å². The molecule has 0 saturated carbocycles. The summed E-state index contributed by atoms with van der Waals surface area (Å²) < 4.78 is 11.9. The molecule has 1 unspecified atom stereocenters. The molecule has 0 aromatic carbocycles. The van der Waals surface area contributed by atoms with Gasteiger partial charge >= 0.3 is 5.97 Å². The van der Waals surface area contributed by atoms with E-state index >= 15 is 0 Å². The van der Waals surface area contributed by atoms with E-state index in [0.717, 1.165) is 19.3 Å². The zero-order valence-electron chi connectivity index (χ0n) is 18.9. The molecule has 0 aromatic heterocycles. The minimum absolute atomic E-state index is 0.180. The predicted octanol–water partition coefficient (Wildman–Crippen LogP) is 1.43. The van der Waals surface area contributed by atoms with E-state index in [1.807, 2.05) is 31.2 Å². The summed E-state index contributed by atoms with van der Waals surface area (Å²) in [5.41, 5.74) is -1.25. The number of carbonyl (C=O) groups is 3. The molecule has 4 heterocycles. The van der Waals surface area contributed by atoms with Crippen LogP contribution in [0.4, 0.5) is 0 Å². The Kier molecular flexibility index (Phi) is 6.72. The number of fused-ring (bicyclic) bond motifs is 2. The van der Waals surface area contributed by atoms with Crippen molar-refractivity contribution in [1.29, 1.82) is 0 Å².